The molecule has 0 amide bonds. The molecule has 0 saturated carbocycles. The Bertz CT molecular complexity index is 395. The van der Waals surface area contributed by atoms with E-state index < -0.39 is 0 Å². The number of thiocarbonyl (C=S) groups is 1. The zero-order valence-corrected chi connectivity index (χ0v) is 11.8. The number of ether oxygens (including phenoxy) is 1. The summed E-state index contributed by atoms with van der Waals surface area (Å²) in [5.74, 6) is 1.31. The van der Waals surface area contributed by atoms with Crippen LogP contribution in [0.1, 0.15) is 32.3 Å². The van der Waals surface area contributed by atoms with Crippen molar-refractivity contribution >= 4 is 28.8 Å². The maximum Gasteiger partial charge on any atom is 0.120 e. The largest absolute Gasteiger partial charge is 0.493 e. The van der Waals surface area contributed by atoms with Gasteiger partial charge in [0.1, 0.15) is 10.7 Å². The minimum absolute atomic E-state index is 0.306. The van der Waals surface area contributed by atoms with Crippen LogP contribution in [0.3, 0.4) is 0 Å². The number of hydrogen-bond donors (Lipinski definition) is 1. The van der Waals surface area contributed by atoms with Crippen LogP contribution < -0.4 is 10.5 Å². The summed E-state index contributed by atoms with van der Waals surface area (Å²) in [6.45, 7) is 5.05. The Labute approximate surface area is 113 Å². The van der Waals surface area contributed by atoms with E-state index >= 15 is 0 Å². The van der Waals surface area contributed by atoms with Gasteiger partial charge in [-0.05, 0) is 30.5 Å². The van der Waals surface area contributed by atoms with E-state index in [1.165, 1.54) is 12.8 Å². The fourth-order valence-electron chi connectivity index (χ4n) is 1.60. The van der Waals surface area contributed by atoms with Crippen LogP contribution in [-0.4, -0.2) is 11.6 Å². The van der Waals surface area contributed by atoms with Crippen molar-refractivity contribution in [3.8, 4) is 5.75 Å². The van der Waals surface area contributed by atoms with Gasteiger partial charge in [-0.2, -0.15) is 0 Å². The van der Waals surface area contributed by atoms with Gasteiger partial charge in [0, 0.05) is 5.56 Å². The highest BCUT2D eigenvalue weighted by Crippen LogP contribution is 2.23. The van der Waals surface area contributed by atoms with Gasteiger partial charge in [-0.3, -0.25) is 0 Å². The molecule has 94 valence electrons. The fourth-order valence-corrected chi connectivity index (χ4v) is 2.11. The number of hydrogen-bond acceptors (Lipinski definition) is 2. The van der Waals surface area contributed by atoms with Crippen molar-refractivity contribution in [3.63, 3.8) is 0 Å². The Morgan fingerprint density at radius 2 is 2.24 bits per heavy atom. The normalized spacial score (nSPS) is 12.2. The quantitative estimate of drug-likeness (QED) is 0.800. The van der Waals surface area contributed by atoms with Crippen LogP contribution in [0, 0.1) is 5.92 Å². The molecule has 0 aliphatic heterocycles. The van der Waals surface area contributed by atoms with E-state index in [2.05, 4.69) is 13.8 Å². The van der Waals surface area contributed by atoms with Gasteiger partial charge in [0.2, 0.25) is 0 Å². The lowest BCUT2D eigenvalue weighted by molar-refractivity contribution is 0.251. The van der Waals surface area contributed by atoms with Gasteiger partial charge >= 0.3 is 0 Å². The Morgan fingerprint density at radius 3 is 2.76 bits per heavy atom. The van der Waals surface area contributed by atoms with Gasteiger partial charge < -0.3 is 10.5 Å². The summed E-state index contributed by atoms with van der Waals surface area (Å²) in [6.07, 6.45) is 2.34. The third kappa shape index (κ3) is 4.52. The Kier molecular flexibility index (Phi) is 5.72. The van der Waals surface area contributed by atoms with Crippen LogP contribution in [0.4, 0.5) is 0 Å². The van der Waals surface area contributed by atoms with E-state index in [0.29, 0.717) is 28.1 Å². The summed E-state index contributed by atoms with van der Waals surface area (Å²) < 4.78 is 5.67. The molecule has 0 radical (unpaired) electrons. The first kappa shape index (κ1) is 14.3. The molecular weight excluding hydrogens is 254 g/mol. The van der Waals surface area contributed by atoms with E-state index in [9.17, 15) is 0 Å². The van der Waals surface area contributed by atoms with Gasteiger partial charge in [-0.1, -0.05) is 44.1 Å². The number of nitrogens with two attached hydrogens (primary N) is 1. The Balaban J connectivity index is 2.62. The highest BCUT2D eigenvalue weighted by molar-refractivity contribution is 7.80. The summed E-state index contributed by atoms with van der Waals surface area (Å²) >= 11 is 10.9. The fraction of sp³-hybridized carbons (Fsp3) is 0.462. The number of rotatable bonds is 6. The van der Waals surface area contributed by atoms with E-state index in [4.69, 9.17) is 34.3 Å². The molecule has 0 heterocycles. The summed E-state index contributed by atoms with van der Waals surface area (Å²) in [5.41, 5.74) is 6.22. The molecule has 0 bridgehead atoms. The maximum atomic E-state index is 6.05. The van der Waals surface area contributed by atoms with E-state index in [1.54, 1.807) is 12.1 Å². The predicted octanol–water partition coefficient (Wildman–Crippen LogP) is 3.79. The minimum atomic E-state index is 0.306. The molecular formula is C13H18ClNOS. The van der Waals surface area contributed by atoms with Gasteiger partial charge in [0.05, 0.1) is 11.6 Å². The smallest absolute Gasteiger partial charge is 0.120 e. The van der Waals surface area contributed by atoms with Crippen molar-refractivity contribution in [2.24, 2.45) is 11.7 Å². The molecule has 0 aliphatic carbocycles. The maximum absolute atomic E-state index is 6.05. The molecule has 1 aromatic carbocycles. The van der Waals surface area contributed by atoms with Gasteiger partial charge in [-0.25, -0.2) is 0 Å². The molecule has 1 unspecified atom stereocenters. The first-order chi connectivity index (χ1) is 8.04. The average molecular weight is 272 g/mol. The highest BCUT2D eigenvalue weighted by atomic mass is 35.5. The minimum Gasteiger partial charge on any atom is -0.493 e. The van der Waals surface area contributed by atoms with Crippen LogP contribution in [-0.2, 0) is 0 Å². The summed E-state index contributed by atoms with van der Waals surface area (Å²) in [7, 11) is 0. The molecule has 1 atom stereocenters. The lowest BCUT2D eigenvalue weighted by Crippen LogP contribution is -2.11. The summed E-state index contributed by atoms with van der Waals surface area (Å²) in [6, 6.07) is 5.40. The molecule has 1 rings (SSSR count). The van der Waals surface area contributed by atoms with Crippen molar-refractivity contribution in [2.45, 2.75) is 26.7 Å². The van der Waals surface area contributed by atoms with Gasteiger partial charge in [0.15, 0.2) is 0 Å². The molecule has 2 nitrogen and oxygen atoms in total. The van der Waals surface area contributed by atoms with E-state index in [0.717, 1.165) is 5.75 Å². The molecule has 0 fully saturated rings. The summed E-state index contributed by atoms with van der Waals surface area (Å²) in [5, 5.41) is 0.540. The molecule has 0 saturated heterocycles. The predicted molar refractivity (Wildman–Crippen MR) is 76.9 cm³/mol. The molecule has 17 heavy (non-hydrogen) atoms. The molecule has 1 aromatic rings. The first-order valence-electron chi connectivity index (χ1n) is 5.76. The van der Waals surface area contributed by atoms with Crippen LogP contribution >= 0.6 is 23.8 Å². The van der Waals surface area contributed by atoms with E-state index in [1.807, 2.05) is 6.07 Å². The Morgan fingerprint density at radius 1 is 1.53 bits per heavy atom. The Hall–Kier alpha value is -0.800. The topological polar surface area (TPSA) is 35.2 Å². The van der Waals surface area contributed by atoms with Crippen molar-refractivity contribution in [1.29, 1.82) is 0 Å². The second kappa shape index (κ2) is 6.82. The lowest BCUT2D eigenvalue weighted by Gasteiger charge is -2.13. The molecule has 2 N–H and O–H groups in total. The third-order valence-corrected chi connectivity index (χ3v) is 3.05. The zero-order valence-electron chi connectivity index (χ0n) is 10.2. The standard InChI is InChI=1S/C13H18ClNOS/c1-3-4-9(2)8-16-10-5-6-11(13(15)17)12(14)7-10/h5-7,9H,3-4,8H2,1-2H3,(H2,15,17). The van der Waals surface area contributed by atoms with Crippen molar-refractivity contribution in [2.75, 3.05) is 6.61 Å². The van der Waals surface area contributed by atoms with E-state index in [-0.39, 0.29) is 0 Å². The average Bonchev–Trinajstić information content (AvgIpc) is 2.26. The van der Waals surface area contributed by atoms with Crippen LogP contribution in [0.25, 0.3) is 0 Å². The van der Waals surface area contributed by atoms with Crippen LogP contribution in [0.2, 0.25) is 5.02 Å². The van der Waals surface area contributed by atoms with Crippen molar-refractivity contribution in [3.05, 3.63) is 28.8 Å². The molecule has 0 aromatic heterocycles. The van der Waals surface area contributed by atoms with Gasteiger partial charge in [-0.15, -0.1) is 0 Å². The first-order valence-corrected chi connectivity index (χ1v) is 6.55. The molecule has 0 spiro atoms. The SMILES string of the molecule is CCCC(C)COc1ccc(C(N)=S)c(Cl)c1. The number of halogens is 1. The van der Waals surface area contributed by atoms with Gasteiger partial charge in [0.25, 0.3) is 0 Å². The van der Waals surface area contributed by atoms with Crippen LogP contribution in [0.5, 0.6) is 5.75 Å². The van der Waals surface area contributed by atoms with Crippen LogP contribution in [0.15, 0.2) is 18.2 Å². The summed E-state index contributed by atoms with van der Waals surface area (Å²) in [4.78, 5) is 0.306. The highest BCUT2D eigenvalue weighted by Gasteiger charge is 2.06. The molecule has 4 heteroatoms. The van der Waals surface area contributed by atoms with Crippen molar-refractivity contribution < 1.29 is 4.74 Å². The number of benzene rings is 1. The zero-order chi connectivity index (χ0) is 12.8. The second-order valence-electron chi connectivity index (χ2n) is 4.21. The van der Waals surface area contributed by atoms with Crippen molar-refractivity contribution in [1.82, 2.24) is 0 Å². The third-order valence-electron chi connectivity index (χ3n) is 2.52. The second-order valence-corrected chi connectivity index (χ2v) is 5.06. The lowest BCUT2D eigenvalue weighted by atomic mass is 10.1. The molecule has 0 aliphatic rings. The monoisotopic (exact) mass is 271 g/mol.